The van der Waals surface area contributed by atoms with E-state index in [-0.39, 0.29) is 5.56 Å². The number of aromatic carboxylic acids is 1. The van der Waals surface area contributed by atoms with Gasteiger partial charge in [-0.3, -0.25) is 0 Å². The number of hydrogen-bond donors (Lipinski definition) is 4. The molecule has 0 fully saturated rings. The molecular formula is C23H27N3O3. The quantitative estimate of drug-likeness (QED) is 0.329. The van der Waals surface area contributed by atoms with Crippen molar-refractivity contribution in [3.8, 4) is 11.5 Å². The molecule has 0 unspecified atom stereocenters. The largest absolute Gasteiger partial charge is 0.478 e. The average Bonchev–Trinajstić information content (AvgIpc) is 3.24. The first-order valence-electron chi connectivity index (χ1n) is 9.91. The minimum Gasteiger partial charge on any atom is -0.478 e. The molecular weight excluding hydrogens is 366 g/mol. The third-order valence-electron chi connectivity index (χ3n) is 4.52. The van der Waals surface area contributed by atoms with Gasteiger partial charge in [-0.15, -0.1) is 0 Å². The molecule has 2 aromatic carbocycles. The van der Waals surface area contributed by atoms with Crippen molar-refractivity contribution in [1.82, 2.24) is 4.98 Å². The Bertz CT molecular complexity index is 909. The van der Waals surface area contributed by atoms with Crippen molar-refractivity contribution < 1.29 is 14.6 Å². The van der Waals surface area contributed by atoms with E-state index in [0.29, 0.717) is 29.4 Å². The van der Waals surface area contributed by atoms with Crippen molar-refractivity contribution in [3.63, 3.8) is 0 Å². The van der Waals surface area contributed by atoms with Crippen LogP contribution in [0.3, 0.4) is 0 Å². The van der Waals surface area contributed by atoms with Crippen LogP contribution >= 0.6 is 0 Å². The van der Waals surface area contributed by atoms with E-state index in [2.05, 4.69) is 22.5 Å². The predicted octanol–water partition coefficient (Wildman–Crippen LogP) is 5.37. The maximum Gasteiger partial charge on any atom is 0.335 e. The first-order valence-corrected chi connectivity index (χ1v) is 9.91. The first-order chi connectivity index (χ1) is 14.2. The molecule has 0 amide bonds. The van der Waals surface area contributed by atoms with Crippen molar-refractivity contribution in [3.05, 3.63) is 72.1 Å². The van der Waals surface area contributed by atoms with Crippen LogP contribution in [0.5, 0.6) is 11.5 Å². The monoisotopic (exact) mass is 393 g/mol. The lowest BCUT2D eigenvalue weighted by atomic mass is 10.1. The average molecular weight is 393 g/mol. The zero-order valence-electron chi connectivity index (χ0n) is 16.6. The number of nitrogens with one attached hydrogen (secondary N) is 3. The fourth-order valence-corrected chi connectivity index (χ4v) is 2.99. The zero-order chi connectivity index (χ0) is 20.5. The number of H-pyrrole nitrogens is 1. The summed E-state index contributed by atoms with van der Waals surface area (Å²) >= 11 is 0. The fraction of sp³-hybridized carbons (Fsp3) is 0.261. The maximum atomic E-state index is 11.7. The molecule has 0 saturated heterocycles. The second-order valence-electron chi connectivity index (χ2n) is 6.77. The lowest BCUT2D eigenvalue weighted by molar-refractivity contribution is 0.0697. The van der Waals surface area contributed by atoms with E-state index in [0.717, 1.165) is 31.5 Å². The van der Waals surface area contributed by atoms with E-state index in [9.17, 15) is 9.90 Å². The summed E-state index contributed by atoms with van der Waals surface area (Å²) < 4.78 is 6.17. The van der Waals surface area contributed by atoms with Gasteiger partial charge in [-0.25, -0.2) is 4.79 Å². The van der Waals surface area contributed by atoms with Gasteiger partial charge in [-0.05, 0) is 42.8 Å². The molecule has 3 rings (SSSR count). The van der Waals surface area contributed by atoms with Crippen LogP contribution in [0.4, 0.5) is 11.4 Å². The molecule has 0 spiro atoms. The smallest absolute Gasteiger partial charge is 0.335 e. The Morgan fingerprint density at radius 2 is 1.76 bits per heavy atom. The van der Waals surface area contributed by atoms with Crippen molar-refractivity contribution in [2.45, 2.75) is 26.2 Å². The van der Waals surface area contributed by atoms with Gasteiger partial charge in [-0.1, -0.05) is 31.5 Å². The number of carboxylic acids is 1. The highest BCUT2D eigenvalue weighted by atomic mass is 16.5. The molecule has 152 valence electrons. The topological polar surface area (TPSA) is 86.4 Å². The van der Waals surface area contributed by atoms with Crippen LogP contribution in [-0.4, -0.2) is 29.1 Å². The minimum atomic E-state index is -0.970. The number of rotatable bonds is 11. The lowest BCUT2D eigenvalue weighted by Crippen LogP contribution is -2.11. The Labute approximate surface area is 170 Å². The normalized spacial score (nSPS) is 10.5. The number of ether oxygens (including phenoxy) is 1. The number of aromatic nitrogens is 1. The lowest BCUT2D eigenvalue weighted by Gasteiger charge is -2.19. The van der Waals surface area contributed by atoms with Crippen LogP contribution in [0.25, 0.3) is 0 Å². The Hall–Kier alpha value is -3.41. The van der Waals surface area contributed by atoms with Gasteiger partial charge >= 0.3 is 5.97 Å². The van der Waals surface area contributed by atoms with Gasteiger partial charge in [0.2, 0.25) is 0 Å². The van der Waals surface area contributed by atoms with Gasteiger partial charge in [-0.2, -0.15) is 0 Å². The Balaban J connectivity index is 1.90. The highest BCUT2D eigenvalue weighted by Gasteiger charge is 2.16. The summed E-state index contributed by atoms with van der Waals surface area (Å²) in [6.45, 7) is 3.50. The summed E-state index contributed by atoms with van der Waals surface area (Å²) in [6.07, 6.45) is 4.70. The van der Waals surface area contributed by atoms with Gasteiger partial charge in [0, 0.05) is 31.4 Å². The second-order valence-corrected chi connectivity index (χ2v) is 6.77. The van der Waals surface area contributed by atoms with Gasteiger partial charge < -0.3 is 25.5 Å². The van der Waals surface area contributed by atoms with Crippen LogP contribution in [0, 0.1) is 0 Å². The van der Waals surface area contributed by atoms with Crippen molar-refractivity contribution >= 4 is 17.3 Å². The summed E-state index contributed by atoms with van der Waals surface area (Å²) in [5.41, 5.74) is 2.65. The van der Waals surface area contributed by atoms with Gasteiger partial charge in [0.15, 0.2) is 5.75 Å². The molecule has 6 nitrogen and oxygen atoms in total. The molecule has 0 aliphatic heterocycles. The summed E-state index contributed by atoms with van der Waals surface area (Å²) in [4.78, 5) is 14.8. The maximum absolute atomic E-state index is 11.7. The Kier molecular flexibility index (Phi) is 7.16. The third kappa shape index (κ3) is 5.78. The van der Waals surface area contributed by atoms with E-state index in [1.54, 1.807) is 12.1 Å². The molecule has 1 aromatic heterocycles. The number of anilines is 2. The summed E-state index contributed by atoms with van der Waals surface area (Å²) in [6, 6.07) is 16.7. The highest BCUT2D eigenvalue weighted by molar-refractivity contribution is 5.92. The molecule has 3 aromatic rings. The molecule has 1 heterocycles. The number of hydrogen-bond acceptors (Lipinski definition) is 4. The Morgan fingerprint density at radius 3 is 2.38 bits per heavy atom. The highest BCUT2D eigenvalue weighted by Crippen LogP contribution is 2.38. The predicted molar refractivity (Wildman–Crippen MR) is 116 cm³/mol. The number of aromatic amines is 1. The van der Waals surface area contributed by atoms with E-state index < -0.39 is 5.97 Å². The molecule has 0 aliphatic carbocycles. The third-order valence-corrected chi connectivity index (χ3v) is 4.52. The standard InChI is InChI=1S/C23H27N3O3/c1-2-3-12-25-20-15-17(23(27)28)16-21(26-14-11-18-8-7-13-24-18)22(20)29-19-9-5-4-6-10-19/h4-10,13,15-16,24-26H,2-3,11-12,14H2,1H3,(H,27,28). The molecule has 0 saturated carbocycles. The van der Waals surface area contributed by atoms with Crippen molar-refractivity contribution in [1.29, 1.82) is 0 Å². The Morgan fingerprint density at radius 1 is 1.03 bits per heavy atom. The summed E-state index contributed by atoms with van der Waals surface area (Å²) in [5, 5.41) is 16.2. The van der Waals surface area contributed by atoms with Crippen LogP contribution < -0.4 is 15.4 Å². The number of benzene rings is 2. The van der Waals surface area contributed by atoms with Gasteiger partial charge in [0.25, 0.3) is 0 Å². The minimum absolute atomic E-state index is 0.215. The number of unbranched alkanes of at least 4 members (excludes halogenated alkanes) is 1. The van der Waals surface area contributed by atoms with Crippen LogP contribution in [0.2, 0.25) is 0 Å². The molecule has 0 radical (unpaired) electrons. The van der Waals surface area contributed by atoms with E-state index in [1.807, 2.05) is 48.7 Å². The van der Waals surface area contributed by atoms with Gasteiger partial charge in [0.1, 0.15) is 5.75 Å². The molecule has 0 atom stereocenters. The van der Waals surface area contributed by atoms with E-state index in [1.165, 1.54) is 0 Å². The van der Waals surface area contributed by atoms with Crippen LogP contribution in [0.15, 0.2) is 60.8 Å². The zero-order valence-corrected chi connectivity index (χ0v) is 16.6. The van der Waals surface area contributed by atoms with Crippen molar-refractivity contribution in [2.24, 2.45) is 0 Å². The summed E-state index contributed by atoms with van der Waals surface area (Å²) in [7, 11) is 0. The van der Waals surface area contributed by atoms with Crippen LogP contribution in [0.1, 0.15) is 35.8 Å². The molecule has 6 heteroatoms. The summed E-state index contributed by atoms with van der Waals surface area (Å²) in [5.74, 6) is 0.326. The molecule has 0 aliphatic rings. The van der Waals surface area contributed by atoms with E-state index in [4.69, 9.17) is 4.74 Å². The first kappa shape index (κ1) is 20.3. The number of carboxylic acid groups (broad SMARTS) is 1. The molecule has 4 N–H and O–H groups in total. The van der Waals surface area contributed by atoms with E-state index >= 15 is 0 Å². The van der Waals surface area contributed by atoms with Gasteiger partial charge in [0.05, 0.1) is 16.9 Å². The number of carbonyl (C=O) groups is 1. The molecule has 29 heavy (non-hydrogen) atoms. The SMILES string of the molecule is CCCCNc1cc(C(=O)O)cc(NCCc2ccc[nH]2)c1Oc1ccccc1. The van der Waals surface area contributed by atoms with Crippen molar-refractivity contribution in [2.75, 3.05) is 23.7 Å². The van der Waals surface area contributed by atoms with Crippen LogP contribution in [-0.2, 0) is 6.42 Å². The number of para-hydroxylation sites is 1. The fourth-order valence-electron chi connectivity index (χ4n) is 2.99. The second kappa shape index (κ2) is 10.2. The molecule has 0 bridgehead atoms.